The Hall–Kier alpha value is -1.75. The number of rotatable bonds is 8. The molecule has 0 saturated carbocycles. The molecular weight excluding hydrogens is 292 g/mol. The first-order chi connectivity index (χ1) is 10.2. The van der Waals surface area contributed by atoms with Crippen molar-refractivity contribution >= 4 is 28.6 Å². The summed E-state index contributed by atoms with van der Waals surface area (Å²) in [5, 5.41) is 6.34. The normalized spacial score (nSPS) is 11.1. The van der Waals surface area contributed by atoms with E-state index in [4.69, 9.17) is 16.3 Å². The van der Waals surface area contributed by atoms with Crippen molar-refractivity contribution in [3.63, 3.8) is 0 Å². The lowest BCUT2D eigenvalue weighted by Gasteiger charge is -2.07. The predicted octanol–water partition coefficient (Wildman–Crippen LogP) is 4.77. The molecule has 0 aromatic heterocycles. The molecule has 6 heteroatoms. The van der Waals surface area contributed by atoms with Gasteiger partial charge in [0.25, 0.3) is 0 Å². The Kier molecular flexibility index (Phi) is 8.28. The monoisotopic (exact) mass is 312 g/mol. The maximum atomic E-state index is 11.5. The maximum absolute atomic E-state index is 11.5. The lowest BCUT2D eigenvalue weighted by molar-refractivity contribution is 0.166. The smallest absolute Gasteiger partial charge is 0.437 e. The third-order valence-corrected chi connectivity index (χ3v) is 2.81. The molecule has 0 atom stereocenters. The zero-order valence-electron chi connectivity index (χ0n) is 12.4. The number of benzene rings is 1. The lowest BCUT2D eigenvalue weighted by atomic mass is 10.3. The molecule has 21 heavy (non-hydrogen) atoms. The zero-order chi connectivity index (χ0) is 15.5. The van der Waals surface area contributed by atoms with Crippen LogP contribution in [0.1, 0.15) is 39.5 Å². The second kappa shape index (κ2) is 10.0. The molecule has 0 heterocycles. The maximum Gasteiger partial charge on any atom is 0.437 e. The minimum absolute atomic E-state index is 0.271. The number of amides is 1. The fraction of sp³-hybridized carbons (Fsp3) is 0.467. The van der Waals surface area contributed by atoms with Crippen molar-refractivity contribution in [2.45, 2.75) is 39.5 Å². The molecule has 0 aliphatic heterocycles. The summed E-state index contributed by atoms with van der Waals surface area (Å²) in [4.78, 5) is 16.1. The summed E-state index contributed by atoms with van der Waals surface area (Å²) in [7, 11) is 0. The van der Waals surface area contributed by atoms with Crippen LogP contribution >= 0.6 is 11.6 Å². The Morgan fingerprint density at radius 2 is 1.95 bits per heavy atom. The van der Waals surface area contributed by atoms with Crippen molar-refractivity contribution in [3.8, 4) is 5.75 Å². The van der Waals surface area contributed by atoms with Crippen LogP contribution in [0.4, 0.5) is 10.5 Å². The van der Waals surface area contributed by atoms with Crippen LogP contribution < -0.4 is 10.1 Å². The fourth-order valence-corrected chi connectivity index (χ4v) is 1.68. The number of unbranched alkanes of at least 4 members (excludes halogenated alkanes) is 1. The van der Waals surface area contributed by atoms with Crippen molar-refractivity contribution in [2.24, 2.45) is 5.16 Å². The van der Waals surface area contributed by atoms with E-state index in [2.05, 4.69) is 22.2 Å². The minimum Gasteiger partial charge on any atom is -0.494 e. The molecule has 0 aliphatic rings. The third kappa shape index (κ3) is 7.56. The molecule has 1 rings (SSSR count). The average molecular weight is 313 g/mol. The van der Waals surface area contributed by atoms with Gasteiger partial charge >= 0.3 is 6.09 Å². The molecule has 0 saturated heterocycles. The van der Waals surface area contributed by atoms with Crippen LogP contribution in [0.15, 0.2) is 29.4 Å². The van der Waals surface area contributed by atoms with Crippen LogP contribution in [0.5, 0.6) is 5.75 Å². The zero-order valence-corrected chi connectivity index (χ0v) is 13.2. The predicted molar refractivity (Wildman–Crippen MR) is 85.1 cm³/mol. The van der Waals surface area contributed by atoms with Gasteiger partial charge in [-0.25, -0.2) is 4.79 Å². The first-order valence-electron chi connectivity index (χ1n) is 7.09. The molecular formula is C15H21ClN2O3. The molecule has 0 bridgehead atoms. The Labute approximate surface area is 130 Å². The third-order valence-electron chi connectivity index (χ3n) is 2.55. The number of halogens is 1. The largest absolute Gasteiger partial charge is 0.494 e. The number of oxime groups is 1. The van der Waals surface area contributed by atoms with E-state index in [0.717, 1.165) is 25.0 Å². The first-order valence-corrected chi connectivity index (χ1v) is 7.46. The van der Waals surface area contributed by atoms with Crippen molar-refractivity contribution in [3.05, 3.63) is 24.3 Å². The molecule has 0 radical (unpaired) electrons. The van der Waals surface area contributed by atoms with E-state index >= 15 is 0 Å². The highest BCUT2D eigenvalue weighted by Gasteiger charge is 2.04. The molecule has 0 aliphatic carbocycles. The molecule has 1 aromatic rings. The van der Waals surface area contributed by atoms with Gasteiger partial charge in [0.05, 0.1) is 6.61 Å². The molecule has 1 N–H and O–H groups in total. The van der Waals surface area contributed by atoms with Gasteiger partial charge in [0, 0.05) is 12.1 Å². The Balaban J connectivity index is 2.40. The van der Waals surface area contributed by atoms with Crippen LogP contribution in [-0.4, -0.2) is 17.9 Å². The topological polar surface area (TPSA) is 59.9 Å². The van der Waals surface area contributed by atoms with Crippen molar-refractivity contribution in [1.29, 1.82) is 0 Å². The quantitative estimate of drug-likeness (QED) is 0.325. The second-order valence-corrected chi connectivity index (χ2v) is 4.88. The van der Waals surface area contributed by atoms with E-state index in [0.29, 0.717) is 18.7 Å². The summed E-state index contributed by atoms with van der Waals surface area (Å²) < 4.78 is 5.53. The molecule has 1 amide bonds. The summed E-state index contributed by atoms with van der Waals surface area (Å²) >= 11 is 5.74. The molecule has 116 valence electrons. The van der Waals surface area contributed by atoms with Gasteiger partial charge in [0.15, 0.2) is 0 Å². The Morgan fingerprint density at radius 3 is 2.57 bits per heavy atom. The van der Waals surface area contributed by atoms with E-state index < -0.39 is 6.09 Å². The number of hydrogen-bond acceptors (Lipinski definition) is 4. The number of carbonyl (C=O) groups excluding carboxylic acids is 1. The van der Waals surface area contributed by atoms with Crippen LogP contribution in [-0.2, 0) is 4.84 Å². The van der Waals surface area contributed by atoms with E-state index in [1.807, 2.05) is 6.92 Å². The van der Waals surface area contributed by atoms with E-state index in [1.54, 1.807) is 24.3 Å². The van der Waals surface area contributed by atoms with Crippen LogP contribution in [0.2, 0.25) is 0 Å². The standard InChI is InChI=1S/C15H21ClN2O3/c1-3-5-11-20-13-9-7-12(8-10-13)17-15(19)21-18-14(16)6-4-2/h7-10H,3-6,11H2,1-2H3,(H,17,19)/b18-14+. The first kappa shape index (κ1) is 17.3. The Morgan fingerprint density at radius 1 is 1.24 bits per heavy atom. The van der Waals surface area contributed by atoms with Gasteiger partial charge < -0.3 is 4.74 Å². The van der Waals surface area contributed by atoms with E-state index in [9.17, 15) is 4.79 Å². The van der Waals surface area contributed by atoms with Gasteiger partial charge in [0.2, 0.25) is 0 Å². The number of carbonyl (C=O) groups is 1. The highest BCUT2D eigenvalue weighted by atomic mass is 35.5. The van der Waals surface area contributed by atoms with Crippen LogP contribution in [0.3, 0.4) is 0 Å². The fourth-order valence-electron chi connectivity index (χ4n) is 1.45. The number of anilines is 1. The number of nitrogens with one attached hydrogen (secondary N) is 1. The summed E-state index contributed by atoms with van der Waals surface area (Å²) in [5.74, 6) is 0.770. The number of ether oxygens (including phenoxy) is 1. The van der Waals surface area contributed by atoms with Gasteiger partial charge in [-0.3, -0.25) is 10.2 Å². The minimum atomic E-state index is -0.677. The average Bonchev–Trinajstić information content (AvgIpc) is 2.48. The SMILES string of the molecule is CCCCOc1ccc(NC(=O)O/N=C(/Cl)CCC)cc1. The molecule has 5 nitrogen and oxygen atoms in total. The van der Waals surface area contributed by atoms with Crippen molar-refractivity contribution in [2.75, 3.05) is 11.9 Å². The van der Waals surface area contributed by atoms with Crippen LogP contribution in [0.25, 0.3) is 0 Å². The molecule has 0 unspecified atom stereocenters. The molecule has 1 aromatic carbocycles. The van der Waals surface area contributed by atoms with Gasteiger partial charge in [-0.1, -0.05) is 37.0 Å². The summed E-state index contributed by atoms with van der Waals surface area (Å²) in [5.41, 5.74) is 0.602. The Bertz CT molecular complexity index is 460. The van der Waals surface area contributed by atoms with Gasteiger partial charge in [0.1, 0.15) is 10.9 Å². The van der Waals surface area contributed by atoms with Crippen molar-refractivity contribution in [1.82, 2.24) is 0 Å². The molecule has 0 fully saturated rings. The second-order valence-electron chi connectivity index (χ2n) is 4.45. The van der Waals surface area contributed by atoms with Gasteiger partial charge in [-0.2, -0.15) is 0 Å². The van der Waals surface area contributed by atoms with Crippen LogP contribution in [0, 0.1) is 0 Å². The van der Waals surface area contributed by atoms with Crippen molar-refractivity contribution < 1.29 is 14.4 Å². The summed E-state index contributed by atoms with van der Waals surface area (Å²) in [6.07, 6.45) is 2.85. The van der Waals surface area contributed by atoms with Gasteiger partial charge in [-0.15, -0.1) is 0 Å². The molecule has 0 spiro atoms. The number of hydrogen-bond donors (Lipinski definition) is 1. The lowest BCUT2D eigenvalue weighted by Crippen LogP contribution is -2.11. The van der Waals surface area contributed by atoms with E-state index in [-0.39, 0.29) is 5.17 Å². The summed E-state index contributed by atoms with van der Waals surface area (Å²) in [6, 6.07) is 7.05. The number of nitrogens with zero attached hydrogens (tertiary/aromatic N) is 1. The van der Waals surface area contributed by atoms with E-state index in [1.165, 1.54) is 0 Å². The summed E-state index contributed by atoms with van der Waals surface area (Å²) in [6.45, 7) is 4.76. The highest BCUT2D eigenvalue weighted by molar-refractivity contribution is 6.65. The van der Waals surface area contributed by atoms with Gasteiger partial charge in [-0.05, 0) is 37.1 Å². The highest BCUT2D eigenvalue weighted by Crippen LogP contribution is 2.16.